The first kappa shape index (κ1) is 25.1. The van der Waals surface area contributed by atoms with Gasteiger partial charge in [0.2, 0.25) is 0 Å². The summed E-state index contributed by atoms with van der Waals surface area (Å²) < 4.78 is 11.7. The summed E-state index contributed by atoms with van der Waals surface area (Å²) in [6.07, 6.45) is 1.43. The van der Waals surface area contributed by atoms with Crippen LogP contribution in [-0.2, 0) is 30.7 Å². The fraction of sp³-hybridized carbons (Fsp3) is 0.273. The number of amides is 2. The number of urea groups is 1. The molecule has 0 fully saturated rings. The Bertz CT molecular complexity index is 1520. The van der Waals surface area contributed by atoms with Crippen LogP contribution in [0, 0.1) is 13.8 Å². The Balaban J connectivity index is 1.35. The molecule has 3 aromatic carbocycles. The van der Waals surface area contributed by atoms with Crippen molar-refractivity contribution in [1.82, 2.24) is 9.88 Å². The van der Waals surface area contributed by atoms with Crippen molar-refractivity contribution in [2.24, 2.45) is 0 Å². The SMILES string of the molecule is COc1ccc(NC(=O)N2CCc3nc(-c4ccc(C)cc4C)c4c(c3C2)CO[C@@H](c2ccccc2)C4)cc1. The normalized spacial score (nSPS) is 16.3. The lowest BCUT2D eigenvalue weighted by Gasteiger charge is -2.35. The van der Waals surface area contributed by atoms with E-state index in [4.69, 9.17) is 14.5 Å². The van der Waals surface area contributed by atoms with Gasteiger partial charge < -0.3 is 19.7 Å². The topological polar surface area (TPSA) is 63.7 Å². The molecule has 1 atom stereocenters. The number of carbonyl (C=O) groups excluding carboxylic acids is 1. The molecule has 2 aliphatic rings. The number of nitrogens with one attached hydrogen (secondary N) is 1. The zero-order valence-electron chi connectivity index (χ0n) is 22.7. The molecule has 6 nitrogen and oxygen atoms in total. The number of anilines is 1. The number of aryl methyl sites for hydroxylation is 2. The minimum Gasteiger partial charge on any atom is -0.497 e. The number of aromatic nitrogens is 1. The molecule has 0 aliphatic carbocycles. The zero-order valence-corrected chi connectivity index (χ0v) is 22.7. The third-order valence-electron chi connectivity index (χ3n) is 7.83. The molecule has 1 N–H and O–H groups in total. The van der Waals surface area contributed by atoms with E-state index in [2.05, 4.69) is 61.6 Å². The van der Waals surface area contributed by atoms with E-state index in [0.717, 1.165) is 34.8 Å². The standard InChI is InChI=1S/C33H33N3O3/c1-21-9-14-26(22(2)17-21)32-27-18-31(23-7-5-4-6-8-23)39-20-29(27)28-19-36(16-15-30(28)35-32)33(37)34-24-10-12-25(38-3)13-11-24/h4-14,17,31H,15-16,18-20H2,1-3H3,(H,34,37)/t31-/m1/s1. The van der Waals surface area contributed by atoms with Gasteiger partial charge in [-0.1, -0.05) is 54.1 Å². The summed E-state index contributed by atoms with van der Waals surface area (Å²) >= 11 is 0. The van der Waals surface area contributed by atoms with Crippen LogP contribution in [0.4, 0.5) is 10.5 Å². The number of carbonyl (C=O) groups is 1. The quantitative estimate of drug-likeness (QED) is 0.323. The van der Waals surface area contributed by atoms with Gasteiger partial charge in [-0.05, 0) is 65.9 Å². The van der Waals surface area contributed by atoms with Crippen LogP contribution in [0.15, 0.2) is 72.8 Å². The summed E-state index contributed by atoms with van der Waals surface area (Å²) in [6, 6.07) is 24.3. The van der Waals surface area contributed by atoms with E-state index in [-0.39, 0.29) is 12.1 Å². The molecule has 6 rings (SSSR count). The summed E-state index contributed by atoms with van der Waals surface area (Å²) in [7, 11) is 1.63. The molecule has 39 heavy (non-hydrogen) atoms. The summed E-state index contributed by atoms with van der Waals surface area (Å²) in [5, 5.41) is 3.03. The maximum atomic E-state index is 13.2. The Labute approximate surface area is 229 Å². The second kappa shape index (κ2) is 10.5. The highest BCUT2D eigenvalue weighted by atomic mass is 16.5. The lowest BCUT2D eigenvalue weighted by Crippen LogP contribution is -2.40. The Morgan fingerprint density at radius 3 is 2.54 bits per heavy atom. The second-order valence-corrected chi connectivity index (χ2v) is 10.4. The molecule has 6 heteroatoms. The molecule has 0 bridgehead atoms. The molecule has 2 aliphatic heterocycles. The summed E-state index contributed by atoms with van der Waals surface area (Å²) in [5.74, 6) is 0.756. The fourth-order valence-electron chi connectivity index (χ4n) is 5.73. The molecular weight excluding hydrogens is 486 g/mol. The van der Waals surface area contributed by atoms with E-state index in [1.807, 2.05) is 35.2 Å². The van der Waals surface area contributed by atoms with Crippen molar-refractivity contribution in [3.05, 3.63) is 112 Å². The van der Waals surface area contributed by atoms with Crippen molar-refractivity contribution >= 4 is 11.7 Å². The fourth-order valence-corrected chi connectivity index (χ4v) is 5.73. The molecule has 0 unspecified atom stereocenters. The Morgan fingerprint density at radius 1 is 1.00 bits per heavy atom. The minimum atomic E-state index is -0.114. The van der Waals surface area contributed by atoms with E-state index in [0.29, 0.717) is 26.1 Å². The Hall–Kier alpha value is -4.16. The van der Waals surface area contributed by atoms with Gasteiger partial charge in [-0.3, -0.25) is 4.98 Å². The van der Waals surface area contributed by atoms with Gasteiger partial charge in [0, 0.05) is 42.9 Å². The highest BCUT2D eigenvalue weighted by molar-refractivity contribution is 5.89. The number of fused-ring (bicyclic) bond motifs is 3. The third kappa shape index (κ3) is 5.00. The average Bonchev–Trinajstić information content (AvgIpc) is 2.97. The van der Waals surface area contributed by atoms with Crippen molar-refractivity contribution in [1.29, 1.82) is 0 Å². The highest BCUT2D eigenvalue weighted by Gasteiger charge is 2.32. The van der Waals surface area contributed by atoms with Crippen molar-refractivity contribution in [3.8, 4) is 17.0 Å². The molecular formula is C33H33N3O3. The van der Waals surface area contributed by atoms with Crippen LogP contribution in [0.1, 0.15) is 45.2 Å². The maximum absolute atomic E-state index is 13.2. The number of hydrogen-bond donors (Lipinski definition) is 1. The van der Waals surface area contributed by atoms with Gasteiger partial charge in [-0.25, -0.2) is 4.79 Å². The summed E-state index contributed by atoms with van der Waals surface area (Å²) in [4.78, 5) is 20.4. The van der Waals surface area contributed by atoms with E-state index >= 15 is 0 Å². The molecule has 0 saturated heterocycles. The number of benzene rings is 3. The van der Waals surface area contributed by atoms with Crippen molar-refractivity contribution in [3.63, 3.8) is 0 Å². The van der Waals surface area contributed by atoms with Crippen molar-refractivity contribution < 1.29 is 14.3 Å². The number of rotatable bonds is 4. The van der Waals surface area contributed by atoms with Gasteiger partial charge in [0.25, 0.3) is 0 Å². The van der Waals surface area contributed by atoms with E-state index < -0.39 is 0 Å². The molecule has 0 radical (unpaired) electrons. The number of methoxy groups -OCH3 is 1. The third-order valence-corrected chi connectivity index (χ3v) is 7.83. The van der Waals surface area contributed by atoms with Crippen LogP contribution in [0.25, 0.3) is 11.3 Å². The molecule has 0 spiro atoms. The Morgan fingerprint density at radius 2 is 1.79 bits per heavy atom. The first-order chi connectivity index (χ1) is 19.0. The largest absolute Gasteiger partial charge is 0.497 e. The average molecular weight is 520 g/mol. The number of hydrogen-bond acceptors (Lipinski definition) is 4. The maximum Gasteiger partial charge on any atom is 0.322 e. The first-order valence-corrected chi connectivity index (χ1v) is 13.5. The smallest absolute Gasteiger partial charge is 0.322 e. The van der Waals surface area contributed by atoms with E-state index in [1.165, 1.54) is 33.4 Å². The van der Waals surface area contributed by atoms with Gasteiger partial charge in [-0.2, -0.15) is 0 Å². The van der Waals surface area contributed by atoms with Gasteiger partial charge in [-0.15, -0.1) is 0 Å². The van der Waals surface area contributed by atoms with Crippen LogP contribution >= 0.6 is 0 Å². The van der Waals surface area contributed by atoms with Crippen LogP contribution in [0.5, 0.6) is 5.75 Å². The molecule has 3 heterocycles. The number of ether oxygens (including phenoxy) is 2. The molecule has 2 amide bonds. The van der Waals surface area contributed by atoms with E-state index in [1.54, 1.807) is 7.11 Å². The predicted molar refractivity (Wildman–Crippen MR) is 153 cm³/mol. The molecule has 198 valence electrons. The Kier molecular flexibility index (Phi) is 6.79. The lowest BCUT2D eigenvalue weighted by molar-refractivity contribution is 0.0264. The predicted octanol–water partition coefficient (Wildman–Crippen LogP) is 6.78. The van der Waals surface area contributed by atoms with Crippen LogP contribution in [0.3, 0.4) is 0 Å². The van der Waals surface area contributed by atoms with Gasteiger partial charge in [0.15, 0.2) is 0 Å². The summed E-state index contributed by atoms with van der Waals surface area (Å²) in [5.41, 5.74) is 11.2. The monoisotopic (exact) mass is 519 g/mol. The van der Waals surface area contributed by atoms with Crippen LogP contribution < -0.4 is 10.1 Å². The second-order valence-electron chi connectivity index (χ2n) is 10.4. The van der Waals surface area contributed by atoms with Gasteiger partial charge >= 0.3 is 6.03 Å². The van der Waals surface area contributed by atoms with Crippen molar-refractivity contribution in [2.75, 3.05) is 19.0 Å². The highest BCUT2D eigenvalue weighted by Crippen LogP contribution is 2.40. The minimum absolute atomic E-state index is 0.0267. The zero-order chi connectivity index (χ0) is 26.9. The number of nitrogens with zero attached hydrogens (tertiary/aromatic N) is 2. The molecule has 0 saturated carbocycles. The lowest BCUT2D eigenvalue weighted by atomic mass is 9.86. The number of pyridine rings is 1. The van der Waals surface area contributed by atoms with E-state index in [9.17, 15) is 4.79 Å². The van der Waals surface area contributed by atoms with Gasteiger partial charge in [0.1, 0.15) is 5.75 Å². The van der Waals surface area contributed by atoms with Crippen LogP contribution in [0.2, 0.25) is 0 Å². The van der Waals surface area contributed by atoms with Crippen LogP contribution in [-0.4, -0.2) is 29.6 Å². The summed E-state index contributed by atoms with van der Waals surface area (Å²) in [6.45, 7) is 5.91. The van der Waals surface area contributed by atoms with Gasteiger partial charge in [0.05, 0.1) is 25.5 Å². The molecule has 1 aromatic heterocycles. The first-order valence-electron chi connectivity index (χ1n) is 13.5. The van der Waals surface area contributed by atoms with Crippen molar-refractivity contribution in [2.45, 2.75) is 45.9 Å². The molecule has 4 aromatic rings.